The number of carbonyl (C=O) groups excluding carboxylic acids is 1. The third-order valence-corrected chi connectivity index (χ3v) is 6.69. The third-order valence-electron chi connectivity index (χ3n) is 5.37. The molecular weight excluding hydrogens is 472 g/mol. The van der Waals surface area contributed by atoms with Crippen LogP contribution in [-0.4, -0.2) is 23.8 Å². The van der Waals surface area contributed by atoms with Crippen LogP contribution in [0.25, 0.3) is 6.08 Å². The third kappa shape index (κ3) is 4.72. The number of allylic oxidation sites excluding steroid dienone is 1. The maximum atomic E-state index is 13.6. The van der Waals surface area contributed by atoms with Gasteiger partial charge in [0.05, 0.1) is 29.0 Å². The summed E-state index contributed by atoms with van der Waals surface area (Å²) in [4.78, 5) is 31.6. The van der Waals surface area contributed by atoms with E-state index >= 15 is 0 Å². The number of benzene rings is 2. The van der Waals surface area contributed by atoms with Gasteiger partial charge in [0.15, 0.2) is 4.80 Å². The van der Waals surface area contributed by atoms with Crippen LogP contribution in [0.1, 0.15) is 44.4 Å². The first-order valence-corrected chi connectivity index (χ1v) is 12.3. The number of ether oxygens (including phenoxy) is 2. The molecule has 8 heteroatoms. The minimum Gasteiger partial charge on any atom is -0.494 e. The van der Waals surface area contributed by atoms with Crippen molar-refractivity contribution in [3.8, 4) is 5.75 Å². The lowest BCUT2D eigenvalue weighted by Gasteiger charge is -2.25. The van der Waals surface area contributed by atoms with Gasteiger partial charge >= 0.3 is 5.97 Å². The Labute approximate surface area is 206 Å². The Bertz CT molecular complexity index is 1420. The predicted molar refractivity (Wildman–Crippen MR) is 134 cm³/mol. The van der Waals surface area contributed by atoms with Crippen molar-refractivity contribution < 1.29 is 14.3 Å². The standard InChI is InChI=1S/C26H25ClN2O4S/c1-4-14-33-18-12-10-17(11-13-18)15-21-24(30)29-23(19-8-6-7-9-20(19)27)22(25(31)32-5-2)16(3)28-26(29)34-21/h6-13,15,23H,4-5,14H2,1-3H3/b21-15+/t23-/m1/s1. The van der Waals surface area contributed by atoms with Gasteiger partial charge in [0.1, 0.15) is 11.8 Å². The van der Waals surface area contributed by atoms with E-state index in [4.69, 9.17) is 21.1 Å². The highest BCUT2D eigenvalue weighted by atomic mass is 35.5. The van der Waals surface area contributed by atoms with Crippen LogP contribution in [-0.2, 0) is 9.53 Å². The Balaban J connectivity index is 1.86. The van der Waals surface area contributed by atoms with Crippen molar-refractivity contribution >= 4 is 35.0 Å². The van der Waals surface area contributed by atoms with Gasteiger partial charge in [-0.05, 0) is 55.7 Å². The number of fused-ring (bicyclic) bond motifs is 1. The van der Waals surface area contributed by atoms with E-state index in [1.807, 2.05) is 48.5 Å². The Morgan fingerprint density at radius 3 is 2.59 bits per heavy atom. The molecule has 0 spiro atoms. The summed E-state index contributed by atoms with van der Waals surface area (Å²) in [7, 11) is 0. The zero-order valence-electron chi connectivity index (χ0n) is 19.2. The van der Waals surface area contributed by atoms with Gasteiger partial charge in [0, 0.05) is 5.02 Å². The smallest absolute Gasteiger partial charge is 0.338 e. The lowest BCUT2D eigenvalue weighted by molar-refractivity contribution is -0.139. The Hall–Kier alpha value is -3.16. The van der Waals surface area contributed by atoms with Crippen LogP contribution in [0, 0.1) is 0 Å². The average molecular weight is 497 g/mol. The van der Waals surface area contributed by atoms with E-state index in [9.17, 15) is 9.59 Å². The summed E-state index contributed by atoms with van der Waals surface area (Å²) in [6.45, 7) is 6.42. The summed E-state index contributed by atoms with van der Waals surface area (Å²) in [6.07, 6.45) is 2.75. The van der Waals surface area contributed by atoms with Gasteiger partial charge < -0.3 is 9.47 Å². The van der Waals surface area contributed by atoms with Gasteiger partial charge in [0.2, 0.25) is 0 Å². The first kappa shape index (κ1) is 24.0. The second-order valence-corrected chi connectivity index (χ2v) is 9.16. The first-order valence-electron chi connectivity index (χ1n) is 11.1. The van der Waals surface area contributed by atoms with E-state index in [1.54, 1.807) is 19.9 Å². The summed E-state index contributed by atoms with van der Waals surface area (Å²) >= 11 is 7.80. The van der Waals surface area contributed by atoms with Crippen molar-refractivity contribution in [1.82, 2.24) is 4.57 Å². The normalized spacial score (nSPS) is 15.6. The molecule has 4 rings (SSSR count). The predicted octanol–water partition coefficient (Wildman–Crippen LogP) is 4.24. The lowest BCUT2D eigenvalue weighted by atomic mass is 9.96. The molecule has 1 aromatic heterocycles. The Kier molecular flexibility index (Phi) is 7.34. The fraction of sp³-hybridized carbons (Fsp3) is 0.269. The summed E-state index contributed by atoms with van der Waals surface area (Å²) in [5.41, 5.74) is 2.09. The molecule has 1 aliphatic rings. The molecule has 0 bridgehead atoms. The van der Waals surface area contributed by atoms with Crippen molar-refractivity contribution in [2.24, 2.45) is 4.99 Å². The van der Waals surface area contributed by atoms with Crippen molar-refractivity contribution in [2.45, 2.75) is 33.2 Å². The number of esters is 1. The van der Waals surface area contributed by atoms with Crippen LogP contribution < -0.4 is 19.6 Å². The molecule has 3 aromatic rings. The molecule has 2 aromatic carbocycles. The number of hydrogen-bond donors (Lipinski definition) is 0. The number of rotatable bonds is 7. The highest BCUT2D eigenvalue weighted by Gasteiger charge is 2.34. The molecule has 1 aliphatic heterocycles. The molecule has 34 heavy (non-hydrogen) atoms. The van der Waals surface area contributed by atoms with Gasteiger partial charge in [-0.3, -0.25) is 9.36 Å². The van der Waals surface area contributed by atoms with E-state index < -0.39 is 12.0 Å². The molecule has 0 amide bonds. The largest absolute Gasteiger partial charge is 0.494 e. The monoisotopic (exact) mass is 496 g/mol. The molecule has 0 aliphatic carbocycles. The second kappa shape index (κ2) is 10.4. The van der Waals surface area contributed by atoms with Crippen LogP contribution >= 0.6 is 22.9 Å². The molecule has 1 atom stereocenters. The van der Waals surface area contributed by atoms with E-state index in [0.29, 0.717) is 37.8 Å². The van der Waals surface area contributed by atoms with E-state index in [-0.39, 0.29) is 12.2 Å². The fourth-order valence-electron chi connectivity index (χ4n) is 3.81. The molecule has 0 unspecified atom stereocenters. The zero-order valence-corrected chi connectivity index (χ0v) is 20.8. The molecule has 0 radical (unpaired) electrons. The molecule has 0 fully saturated rings. The molecule has 176 valence electrons. The van der Waals surface area contributed by atoms with Crippen molar-refractivity contribution in [3.63, 3.8) is 0 Å². The van der Waals surface area contributed by atoms with Crippen molar-refractivity contribution in [1.29, 1.82) is 0 Å². The maximum absolute atomic E-state index is 13.6. The summed E-state index contributed by atoms with van der Waals surface area (Å²) < 4.78 is 13.0. The lowest BCUT2D eigenvalue weighted by Crippen LogP contribution is -2.40. The zero-order chi connectivity index (χ0) is 24.2. The summed E-state index contributed by atoms with van der Waals surface area (Å²) in [5.74, 6) is 0.277. The first-order chi connectivity index (χ1) is 16.4. The Morgan fingerprint density at radius 2 is 1.91 bits per heavy atom. The number of thiazole rings is 1. The van der Waals surface area contributed by atoms with E-state index in [2.05, 4.69) is 11.9 Å². The topological polar surface area (TPSA) is 69.9 Å². The van der Waals surface area contributed by atoms with Gasteiger partial charge in [-0.25, -0.2) is 9.79 Å². The number of carbonyl (C=O) groups is 1. The van der Waals surface area contributed by atoms with E-state index in [1.165, 1.54) is 15.9 Å². The van der Waals surface area contributed by atoms with Crippen molar-refractivity contribution in [3.05, 3.63) is 95.6 Å². The molecule has 2 heterocycles. The summed E-state index contributed by atoms with van der Waals surface area (Å²) in [5, 5.41) is 0.459. The molecular formula is C26H25ClN2O4S. The van der Waals surface area contributed by atoms with Crippen LogP contribution in [0.5, 0.6) is 5.75 Å². The van der Waals surface area contributed by atoms with Gasteiger partial charge in [-0.1, -0.05) is 60.2 Å². The maximum Gasteiger partial charge on any atom is 0.338 e. The van der Waals surface area contributed by atoms with Crippen LogP contribution in [0.2, 0.25) is 5.02 Å². The number of hydrogen-bond acceptors (Lipinski definition) is 6. The quantitative estimate of drug-likeness (QED) is 0.459. The second-order valence-electron chi connectivity index (χ2n) is 7.74. The number of halogens is 1. The minimum absolute atomic E-state index is 0.216. The molecule has 0 saturated carbocycles. The number of nitrogens with zero attached hydrogens (tertiary/aromatic N) is 2. The van der Waals surface area contributed by atoms with Gasteiger partial charge in [0.25, 0.3) is 5.56 Å². The summed E-state index contributed by atoms with van der Waals surface area (Å²) in [6, 6.07) is 14.1. The number of aromatic nitrogens is 1. The average Bonchev–Trinajstić information content (AvgIpc) is 3.12. The Morgan fingerprint density at radius 1 is 1.18 bits per heavy atom. The highest BCUT2D eigenvalue weighted by molar-refractivity contribution is 7.07. The van der Waals surface area contributed by atoms with Crippen molar-refractivity contribution in [2.75, 3.05) is 13.2 Å². The van der Waals surface area contributed by atoms with Gasteiger partial charge in [-0.15, -0.1) is 0 Å². The van der Waals surface area contributed by atoms with E-state index in [0.717, 1.165) is 17.7 Å². The molecule has 6 nitrogen and oxygen atoms in total. The minimum atomic E-state index is -0.726. The van der Waals surface area contributed by atoms with Crippen LogP contribution in [0.3, 0.4) is 0 Å². The van der Waals surface area contributed by atoms with Gasteiger partial charge in [-0.2, -0.15) is 0 Å². The highest BCUT2D eigenvalue weighted by Crippen LogP contribution is 2.34. The SMILES string of the molecule is CCCOc1ccc(/C=c2/sc3n(c2=O)[C@H](c2ccccc2Cl)C(C(=O)OCC)=C(C)N=3)cc1. The molecule has 0 N–H and O–H groups in total. The fourth-order valence-corrected chi connectivity index (χ4v) is 5.10. The van der Waals surface area contributed by atoms with Crippen LogP contribution in [0.4, 0.5) is 0 Å². The van der Waals surface area contributed by atoms with Crippen LogP contribution in [0.15, 0.2) is 69.6 Å². The molecule has 0 saturated heterocycles.